The fraction of sp³-hybridized carbons (Fsp3) is 0.0952. The second-order valence-corrected chi connectivity index (χ2v) is 5.64. The van der Waals surface area contributed by atoms with Crippen LogP contribution in [0.3, 0.4) is 0 Å². The first kappa shape index (κ1) is 15.5. The number of benzene rings is 2. The van der Waals surface area contributed by atoms with Gasteiger partial charge in [-0.1, -0.05) is 24.3 Å². The maximum atomic E-state index is 12.6. The topological polar surface area (TPSA) is 64.7 Å². The van der Waals surface area contributed by atoms with Crippen LogP contribution in [0.25, 0.3) is 12.2 Å². The molecule has 3 heteroatoms. The third-order valence-electron chi connectivity index (χ3n) is 3.96. The summed E-state index contributed by atoms with van der Waals surface area (Å²) < 4.78 is 0. The predicted octanol–water partition coefficient (Wildman–Crippen LogP) is 4.26. The van der Waals surface area contributed by atoms with Gasteiger partial charge in [0, 0.05) is 11.1 Å². The van der Waals surface area contributed by atoms with E-state index in [1.165, 1.54) is 0 Å². The van der Waals surface area contributed by atoms with Gasteiger partial charge < -0.3 is 0 Å². The summed E-state index contributed by atoms with van der Waals surface area (Å²) in [5, 5.41) is 17.9. The number of nitrogens with zero attached hydrogens (tertiary/aromatic N) is 2. The third kappa shape index (κ3) is 3.32. The Morgan fingerprint density at radius 1 is 0.792 bits per heavy atom. The van der Waals surface area contributed by atoms with Gasteiger partial charge in [-0.15, -0.1) is 0 Å². The molecule has 24 heavy (non-hydrogen) atoms. The Balaban J connectivity index is 1.87. The van der Waals surface area contributed by atoms with Gasteiger partial charge in [0.1, 0.15) is 0 Å². The summed E-state index contributed by atoms with van der Waals surface area (Å²) in [6.07, 6.45) is 5.10. The summed E-state index contributed by atoms with van der Waals surface area (Å²) in [6.45, 7) is 0. The highest BCUT2D eigenvalue weighted by Crippen LogP contribution is 2.29. The first-order valence-corrected chi connectivity index (χ1v) is 7.66. The highest BCUT2D eigenvalue weighted by atomic mass is 16.1. The number of hydrogen-bond donors (Lipinski definition) is 0. The summed E-state index contributed by atoms with van der Waals surface area (Å²) in [6, 6.07) is 18.6. The molecule has 3 nitrogen and oxygen atoms in total. The average Bonchev–Trinajstić information content (AvgIpc) is 2.95. The van der Waals surface area contributed by atoms with Crippen LogP contribution >= 0.6 is 0 Å². The zero-order valence-electron chi connectivity index (χ0n) is 13.0. The van der Waals surface area contributed by atoms with Crippen molar-refractivity contribution in [2.75, 3.05) is 0 Å². The third-order valence-corrected chi connectivity index (χ3v) is 3.96. The van der Waals surface area contributed by atoms with Crippen LogP contribution in [0.2, 0.25) is 0 Å². The zero-order chi connectivity index (χ0) is 16.9. The average molecular weight is 310 g/mol. The summed E-state index contributed by atoms with van der Waals surface area (Å²) in [4.78, 5) is 12.6. The lowest BCUT2D eigenvalue weighted by Crippen LogP contribution is -1.95. The predicted molar refractivity (Wildman–Crippen MR) is 92.5 cm³/mol. The Morgan fingerprint density at radius 2 is 1.25 bits per heavy atom. The molecule has 1 saturated carbocycles. The molecule has 0 aromatic heterocycles. The standard InChI is InChI=1S/C21H14N2O/c22-13-17-5-1-3-15(9-17)11-19-7-8-20(21(19)24)12-16-4-2-6-18(10-16)14-23/h1-6,9-12H,7-8H2. The first-order valence-electron chi connectivity index (χ1n) is 7.66. The van der Waals surface area contributed by atoms with Gasteiger partial charge in [0.2, 0.25) is 0 Å². The smallest absolute Gasteiger partial charge is 0.185 e. The van der Waals surface area contributed by atoms with Gasteiger partial charge in [0.25, 0.3) is 0 Å². The molecule has 0 amide bonds. The molecule has 1 aliphatic rings. The van der Waals surface area contributed by atoms with Crippen LogP contribution < -0.4 is 0 Å². The molecule has 1 aliphatic carbocycles. The number of carbonyl (C=O) groups is 1. The Bertz CT molecular complexity index is 875. The van der Waals surface area contributed by atoms with E-state index >= 15 is 0 Å². The number of nitriles is 2. The lowest BCUT2D eigenvalue weighted by atomic mass is 10.0. The Morgan fingerprint density at radius 3 is 1.67 bits per heavy atom. The van der Waals surface area contributed by atoms with Crippen molar-refractivity contribution in [3.05, 3.63) is 81.9 Å². The molecule has 0 spiro atoms. The zero-order valence-corrected chi connectivity index (χ0v) is 13.0. The van der Waals surface area contributed by atoms with E-state index in [9.17, 15) is 4.79 Å². The van der Waals surface area contributed by atoms with Gasteiger partial charge in [-0.25, -0.2) is 0 Å². The van der Waals surface area contributed by atoms with E-state index in [4.69, 9.17) is 10.5 Å². The van der Waals surface area contributed by atoms with Crippen molar-refractivity contribution in [1.82, 2.24) is 0 Å². The van der Waals surface area contributed by atoms with Crippen LogP contribution in [0.15, 0.2) is 59.7 Å². The maximum Gasteiger partial charge on any atom is 0.185 e. The van der Waals surface area contributed by atoms with E-state index in [-0.39, 0.29) is 5.78 Å². The Hall–Kier alpha value is -3.43. The van der Waals surface area contributed by atoms with Crippen LogP contribution in [-0.2, 0) is 4.79 Å². The summed E-state index contributed by atoms with van der Waals surface area (Å²) >= 11 is 0. The number of Topliss-reactive ketones (excluding diaryl/α,β-unsaturated/α-hetero) is 1. The number of rotatable bonds is 2. The van der Waals surface area contributed by atoms with Crippen LogP contribution in [0.1, 0.15) is 35.1 Å². The van der Waals surface area contributed by atoms with Crippen molar-refractivity contribution in [3.63, 3.8) is 0 Å². The molecule has 0 bridgehead atoms. The van der Waals surface area contributed by atoms with Gasteiger partial charge >= 0.3 is 0 Å². The van der Waals surface area contributed by atoms with Gasteiger partial charge in [0.15, 0.2) is 5.78 Å². The van der Waals surface area contributed by atoms with Crippen molar-refractivity contribution < 1.29 is 4.79 Å². The SMILES string of the molecule is N#Cc1cccc(C=C2CCC(=Cc3cccc(C#N)c3)C2=O)c1. The van der Waals surface area contributed by atoms with Crippen molar-refractivity contribution in [2.45, 2.75) is 12.8 Å². The fourth-order valence-electron chi connectivity index (χ4n) is 2.78. The minimum Gasteiger partial charge on any atom is -0.289 e. The quantitative estimate of drug-likeness (QED) is 0.778. The second-order valence-electron chi connectivity index (χ2n) is 5.64. The van der Waals surface area contributed by atoms with Gasteiger partial charge in [-0.2, -0.15) is 10.5 Å². The van der Waals surface area contributed by atoms with Crippen LogP contribution in [0.4, 0.5) is 0 Å². The monoisotopic (exact) mass is 310 g/mol. The molecule has 0 radical (unpaired) electrons. The van der Waals surface area contributed by atoms with Crippen LogP contribution in [0, 0.1) is 22.7 Å². The molecule has 2 aromatic carbocycles. The lowest BCUT2D eigenvalue weighted by molar-refractivity contribution is -0.111. The summed E-state index contributed by atoms with van der Waals surface area (Å²) in [7, 11) is 0. The van der Waals surface area contributed by atoms with E-state index in [1.54, 1.807) is 24.3 Å². The van der Waals surface area contributed by atoms with Crippen molar-refractivity contribution in [1.29, 1.82) is 10.5 Å². The molecule has 3 rings (SSSR count). The van der Waals surface area contributed by atoms with Crippen molar-refractivity contribution in [2.24, 2.45) is 0 Å². The molecule has 0 unspecified atom stereocenters. The van der Waals surface area contributed by atoms with E-state index in [0.717, 1.165) is 22.3 Å². The Kier molecular flexibility index (Phi) is 4.36. The van der Waals surface area contributed by atoms with E-state index in [1.807, 2.05) is 36.4 Å². The van der Waals surface area contributed by atoms with E-state index < -0.39 is 0 Å². The largest absolute Gasteiger partial charge is 0.289 e. The number of hydrogen-bond acceptors (Lipinski definition) is 3. The van der Waals surface area contributed by atoms with Crippen molar-refractivity contribution in [3.8, 4) is 12.1 Å². The van der Waals surface area contributed by atoms with E-state index in [0.29, 0.717) is 24.0 Å². The van der Waals surface area contributed by atoms with Gasteiger partial charge in [-0.05, 0) is 60.4 Å². The van der Waals surface area contributed by atoms with Gasteiger partial charge in [0.05, 0.1) is 23.3 Å². The number of allylic oxidation sites excluding steroid dienone is 2. The lowest BCUT2D eigenvalue weighted by Gasteiger charge is -1.99. The number of ketones is 1. The van der Waals surface area contributed by atoms with E-state index in [2.05, 4.69) is 12.1 Å². The molecular formula is C21H14N2O. The molecule has 1 fully saturated rings. The summed E-state index contributed by atoms with van der Waals surface area (Å²) in [5.41, 5.74) is 4.41. The highest BCUT2D eigenvalue weighted by molar-refractivity contribution is 6.15. The molecule has 0 atom stereocenters. The molecular weight excluding hydrogens is 296 g/mol. The molecule has 2 aromatic rings. The van der Waals surface area contributed by atoms with Crippen LogP contribution in [-0.4, -0.2) is 5.78 Å². The minimum absolute atomic E-state index is 0.0414. The first-order chi connectivity index (χ1) is 11.7. The van der Waals surface area contributed by atoms with Gasteiger partial charge in [-0.3, -0.25) is 4.79 Å². The van der Waals surface area contributed by atoms with Crippen LogP contribution in [0.5, 0.6) is 0 Å². The minimum atomic E-state index is 0.0414. The maximum absolute atomic E-state index is 12.6. The summed E-state index contributed by atoms with van der Waals surface area (Å²) in [5.74, 6) is 0.0414. The Labute approximate surface area is 140 Å². The molecule has 0 aliphatic heterocycles. The highest BCUT2D eigenvalue weighted by Gasteiger charge is 2.22. The molecule has 0 N–H and O–H groups in total. The number of carbonyl (C=O) groups excluding carboxylic acids is 1. The molecule has 114 valence electrons. The molecule has 0 saturated heterocycles. The fourth-order valence-corrected chi connectivity index (χ4v) is 2.78. The second kappa shape index (κ2) is 6.77. The van der Waals surface area contributed by atoms with Crippen molar-refractivity contribution >= 4 is 17.9 Å². The molecule has 0 heterocycles. The normalized spacial score (nSPS) is 17.0.